The second-order valence-corrected chi connectivity index (χ2v) is 5.64. The summed E-state index contributed by atoms with van der Waals surface area (Å²) in [6.07, 6.45) is 6.46. The molecule has 0 spiro atoms. The van der Waals surface area contributed by atoms with Gasteiger partial charge in [-0.2, -0.15) is 5.10 Å². The number of carbonyl (C=O) groups is 1. The minimum absolute atomic E-state index is 0.0897. The summed E-state index contributed by atoms with van der Waals surface area (Å²) in [6, 6.07) is 2.74. The molecule has 1 heterocycles. The van der Waals surface area contributed by atoms with Crippen molar-refractivity contribution in [1.82, 2.24) is 20.4 Å². The summed E-state index contributed by atoms with van der Waals surface area (Å²) in [5.74, 6) is 0.0897. The van der Waals surface area contributed by atoms with Crippen molar-refractivity contribution in [3.63, 3.8) is 0 Å². The molecule has 0 bridgehead atoms. The molecule has 1 aromatic rings. The van der Waals surface area contributed by atoms with Gasteiger partial charge in [0.2, 0.25) is 5.91 Å². The Morgan fingerprint density at radius 3 is 2.75 bits per heavy atom. The summed E-state index contributed by atoms with van der Waals surface area (Å²) in [7, 11) is 0. The lowest BCUT2D eigenvalue weighted by Gasteiger charge is -2.14. The fourth-order valence-corrected chi connectivity index (χ4v) is 2.24. The molecule has 2 rings (SSSR count). The Hall–Kier alpha value is -1.36. The van der Waals surface area contributed by atoms with Gasteiger partial charge in [-0.25, -0.2) is 0 Å². The van der Waals surface area contributed by atoms with Gasteiger partial charge in [0.15, 0.2) is 0 Å². The van der Waals surface area contributed by atoms with Crippen molar-refractivity contribution in [2.24, 2.45) is 0 Å². The van der Waals surface area contributed by atoms with Crippen LogP contribution in [0.3, 0.4) is 0 Å². The largest absolute Gasteiger partial charge is 0.352 e. The van der Waals surface area contributed by atoms with Crippen molar-refractivity contribution < 1.29 is 4.79 Å². The molecule has 1 saturated carbocycles. The van der Waals surface area contributed by atoms with E-state index in [1.54, 1.807) is 0 Å². The second-order valence-electron chi connectivity index (χ2n) is 5.64. The van der Waals surface area contributed by atoms with Gasteiger partial charge in [-0.1, -0.05) is 13.8 Å². The Balaban J connectivity index is 1.79. The van der Waals surface area contributed by atoms with Crippen molar-refractivity contribution in [2.75, 3.05) is 0 Å². The van der Waals surface area contributed by atoms with E-state index in [1.165, 1.54) is 0 Å². The number of amides is 1. The monoisotopic (exact) mass is 278 g/mol. The first-order valence-corrected chi connectivity index (χ1v) is 7.71. The normalized spacial score (nSPS) is 16.4. The lowest BCUT2D eigenvalue weighted by atomic mass is 10.2. The van der Waals surface area contributed by atoms with Crippen LogP contribution in [0.25, 0.3) is 0 Å². The molecule has 2 N–H and O–H groups in total. The van der Waals surface area contributed by atoms with Crippen LogP contribution < -0.4 is 10.6 Å². The molecule has 1 aromatic heterocycles. The van der Waals surface area contributed by atoms with E-state index in [-0.39, 0.29) is 11.9 Å². The average Bonchev–Trinajstić information content (AvgIpc) is 3.14. The third kappa shape index (κ3) is 4.07. The Bertz CT molecular complexity index is 435. The van der Waals surface area contributed by atoms with Gasteiger partial charge < -0.3 is 10.6 Å². The van der Waals surface area contributed by atoms with E-state index in [0.717, 1.165) is 31.4 Å². The highest BCUT2D eigenvalue weighted by molar-refractivity contribution is 5.81. The van der Waals surface area contributed by atoms with Crippen molar-refractivity contribution in [3.8, 4) is 0 Å². The van der Waals surface area contributed by atoms with Gasteiger partial charge in [0.1, 0.15) is 0 Å². The maximum absolute atomic E-state index is 11.8. The second kappa shape index (κ2) is 6.88. The summed E-state index contributed by atoms with van der Waals surface area (Å²) < 4.78 is 2.03. The standard InChI is InChI=1S/C15H26N4O/c1-4-14(5-2)19-9-8-13(18-19)10-16-11(3)15(20)17-12-6-7-12/h8-9,11-12,14,16H,4-7,10H2,1-3H3,(H,17,20). The molecule has 1 amide bonds. The van der Waals surface area contributed by atoms with Crippen LogP contribution in [0.2, 0.25) is 0 Å². The summed E-state index contributed by atoms with van der Waals surface area (Å²) in [5.41, 5.74) is 0.989. The van der Waals surface area contributed by atoms with Gasteiger partial charge >= 0.3 is 0 Å². The smallest absolute Gasteiger partial charge is 0.237 e. The summed E-state index contributed by atoms with van der Waals surface area (Å²) >= 11 is 0. The number of carbonyl (C=O) groups excluding carboxylic acids is 1. The predicted octanol–water partition coefficient (Wildman–Crippen LogP) is 2.00. The Morgan fingerprint density at radius 1 is 1.45 bits per heavy atom. The van der Waals surface area contributed by atoms with E-state index >= 15 is 0 Å². The lowest BCUT2D eigenvalue weighted by Crippen LogP contribution is -2.42. The maximum atomic E-state index is 11.8. The maximum Gasteiger partial charge on any atom is 0.237 e. The third-order valence-corrected chi connectivity index (χ3v) is 3.89. The minimum atomic E-state index is -0.172. The first kappa shape index (κ1) is 15.0. The molecule has 0 saturated heterocycles. The zero-order chi connectivity index (χ0) is 14.5. The van der Waals surface area contributed by atoms with Crippen LogP contribution in [0.15, 0.2) is 12.3 Å². The number of aromatic nitrogens is 2. The summed E-state index contributed by atoms with van der Waals surface area (Å²) in [4.78, 5) is 11.8. The molecule has 20 heavy (non-hydrogen) atoms. The Kier molecular flexibility index (Phi) is 5.17. The Labute approximate surface area is 121 Å². The molecule has 1 aliphatic rings. The molecule has 1 aliphatic carbocycles. The van der Waals surface area contributed by atoms with Gasteiger partial charge in [0, 0.05) is 18.8 Å². The van der Waals surface area contributed by atoms with Crippen molar-refractivity contribution in [1.29, 1.82) is 0 Å². The van der Waals surface area contributed by atoms with Crippen LogP contribution >= 0.6 is 0 Å². The number of hydrogen-bond acceptors (Lipinski definition) is 3. The molecule has 0 radical (unpaired) electrons. The molecule has 5 nitrogen and oxygen atoms in total. The molecule has 1 unspecified atom stereocenters. The topological polar surface area (TPSA) is 59.0 Å². The van der Waals surface area contributed by atoms with Gasteiger partial charge in [-0.15, -0.1) is 0 Å². The molecule has 0 aliphatic heterocycles. The highest BCUT2D eigenvalue weighted by Crippen LogP contribution is 2.18. The number of hydrogen-bond donors (Lipinski definition) is 2. The number of nitrogens with one attached hydrogen (secondary N) is 2. The van der Waals surface area contributed by atoms with Crippen LogP contribution in [0.4, 0.5) is 0 Å². The lowest BCUT2D eigenvalue weighted by molar-refractivity contribution is -0.122. The van der Waals surface area contributed by atoms with Crippen LogP contribution in [0.1, 0.15) is 58.2 Å². The molecule has 5 heteroatoms. The summed E-state index contributed by atoms with van der Waals surface area (Å²) in [5, 5.41) is 10.8. The molecule has 1 atom stereocenters. The third-order valence-electron chi connectivity index (χ3n) is 3.89. The molecule has 0 aromatic carbocycles. The van der Waals surface area contributed by atoms with E-state index in [4.69, 9.17) is 0 Å². The molecule has 112 valence electrons. The molecular formula is C15H26N4O. The quantitative estimate of drug-likeness (QED) is 0.764. The highest BCUT2D eigenvalue weighted by atomic mass is 16.2. The number of nitrogens with zero attached hydrogens (tertiary/aromatic N) is 2. The van der Waals surface area contributed by atoms with Crippen molar-refractivity contribution in [2.45, 2.75) is 71.1 Å². The molecule has 1 fully saturated rings. The van der Waals surface area contributed by atoms with Crippen molar-refractivity contribution >= 4 is 5.91 Å². The SMILES string of the molecule is CCC(CC)n1ccc(CNC(C)C(=O)NC2CC2)n1. The minimum Gasteiger partial charge on any atom is -0.352 e. The van der Waals surface area contributed by atoms with Crippen molar-refractivity contribution in [3.05, 3.63) is 18.0 Å². The first-order chi connectivity index (χ1) is 9.63. The van der Waals surface area contributed by atoms with Crippen LogP contribution in [-0.4, -0.2) is 27.8 Å². The van der Waals surface area contributed by atoms with E-state index in [1.807, 2.05) is 23.9 Å². The van der Waals surface area contributed by atoms with Crippen LogP contribution in [0.5, 0.6) is 0 Å². The first-order valence-electron chi connectivity index (χ1n) is 7.71. The fraction of sp³-hybridized carbons (Fsp3) is 0.733. The van der Waals surface area contributed by atoms with Gasteiger partial charge in [0.05, 0.1) is 17.8 Å². The van der Waals surface area contributed by atoms with Gasteiger partial charge in [-0.3, -0.25) is 9.48 Å². The number of rotatable bonds is 8. The van der Waals surface area contributed by atoms with Crippen LogP contribution in [0, 0.1) is 0 Å². The van der Waals surface area contributed by atoms with Crippen LogP contribution in [-0.2, 0) is 11.3 Å². The average molecular weight is 278 g/mol. The van der Waals surface area contributed by atoms with E-state index in [0.29, 0.717) is 18.6 Å². The highest BCUT2D eigenvalue weighted by Gasteiger charge is 2.25. The zero-order valence-corrected chi connectivity index (χ0v) is 12.7. The molecular weight excluding hydrogens is 252 g/mol. The fourth-order valence-electron chi connectivity index (χ4n) is 2.24. The van der Waals surface area contributed by atoms with E-state index < -0.39 is 0 Å². The van der Waals surface area contributed by atoms with Gasteiger partial charge in [0.25, 0.3) is 0 Å². The zero-order valence-electron chi connectivity index (χ0n) is 12.7. The predicted molar refractivity (Wildman–Crippen MR) is 79.3 cm³/mol. The Morgan fingerprint density at radius 2 is 2.15 bits per heavy atom. The van der Waals surface area contributed by atoms with E-state index in [2.05, 4.69) is 29.6 Å². The summed E-state index contributed by atoms with van der Waals surface area (Å²) in [6.45, 7) is 6.89. The van der Waals surface area contributed by atoms with E-state index in [9.17, 15) is 4.79 Å². The van der Waals surface area contributed by atoms with Gasteiger partial charge in [-0.05, 0) is 38.7 Å².